The number of anilines is 1. The van der Waals surface area contributed by atoms with Crippen LogP contribution >= 0.6 is 0 Å². The molecule has 19 heavy (non-hydrogen) atoms. The molecule has 0 amide bonds. The van der Waals surface area contributed by atoms with Crippen LogP contribution in [0.3, 0.4) is 0 Å². The lowest BCUT2D eigenvalue weighted by Gasteiger charge is -2.26. The van der Waals surface area contributed by atoms with Gasteiger partial charge in [-0.3, -0.25) is 0 Å². The summed E-state index contributed by atoms with van der Waals surface area (Å²) in [4.78, 5) is 10.7. The van der Waals surface area contributed by atoms with E-state index >= 15 is 0 Å². The van der Waals surface area contributed by atoms with Crippen LogP contribution < -0.4 is 5.32 Å². The van der Waals surface area contributed by atoms with Crippen molar-refractivity contribution in [3.8, 4) is 0 Å². The predicted molar refractivity (Wildman–Crippen MR) is 69.8 cm³/mol. The lowest BCUT2D eigenvalue weighted by Crippen LogP contribution is -2.25. The Hall–Kier alpha value is -1.62. The van der Waals surface area contributed by atoms with Crippen molar-refractivity contribution in [1.82, 2.24) is 0 Å². The van der Waals surface area contributed by atoms with E-state index in [1.54, 1.807) is 6.07 Å². The number of benzene rings is 1. The van der Waals surface area contributed by atoms with Crippen molar-refractivity contribution in [1.29, 1.82) is 0 Å². The highest BCUT2D eigenvalue weighted by Crippen LogP contribution is 2.25. The highest BCUT2D eigenvalue weighted by Gasteiger charge is 2.20. The smallest absolute Gasteiger partial charge is 0.338 e. The van der Waals surface area contributed by atoms with Crippen LogP contribution in [0.15, 0.2) is 18.2 Å². The summed E-state index contributed by atoms with van der Waals surface area (Å²) in [6.07, 6.45) is 3.47. The molecule has 0 aromatic heterocycles. The maximum atomic E-state index is 13.5. The molecular formula is C14H18FNO3. The second kappa shape index (κ2) is 6.02. The standard InChI is InChI=1S/C14H18FNO3/c15-13-7-10(4-5-12(13)14(18)19)16-8-9-2-1-3-11(17)6-9/h4-5,7,9,11,16-17H,1-3,6,8H2,(H,18,19). The summed E-state index contributed by atoms with van der Waals surface area (Å²) in [7, 11) is 0. The number of carboxylic acid groups (broad SMARTS) is 1. The van der Waals surface area contributed by atoms with E-state index < -0.39 is 11.8 Å². The number of aliphatic hydroxyl groups excluding tert-OH is 1. The highest BCUT2D eigenvalue weighted by molar-refractivity contribution is 5.88. The lowest BCUT2D eigenvalue weighted by molar-refractivity contribution is 0.0692. The molecule has 1 aromatic rings. The van der Waals surface area contributed by atoms with E-state index in [2.05, 4.69) is 5.32 Å². The third-order valence-corrected chi connectivity index (χ3v) is 3.55. The molecule has 0 heterocycles. The zero-order valence-electron chi connectivity index (χ0n) is 10.6. The Morgan fingerprint density at radius 3 is 2.84 bits per heavy atom. The number of aromatic carboxylic acids is 1. The molecule has 3 N–H and O–H groups in total. The molecule has 0 spiro atoms. The zero-order chi connectivity index (χ0) is 13.8. The van der Waals surface area contributed by atoms with Crippen LogP contribution in [0, 0.1) is 11.7 Å². The van der Waals surface area contributed by atoms with Crippen LogP contribution in [0.1, 0.15) is 36.0 Å². The van der Waals surface area contributed by atoms with Crippen molar-refractivity contribution < 1.29 is 19.4 Å². The average Bonchev–Trinajstić information content (AvgIpc) is 2.36. The largest absolute Gasteiger partial charge is 0.478 e. The summed E-state index contributed by atoms with van der Waals surface area (Å²) in [5.41, 5.74) is 0.251. The quantitative estimate of drug-likeness (QED) is 0.784. The highest BCUT2D eigenvalue weighted by atomic mass is 19.1. The third kappa shape index (κ3) is 3.67. The Morgan fingerprint density at radius 1 is 1.42 bits per heavy atom. The van der Waals surface area contributed by atoms with Gasteiger partial charge in [0.2, 0.25) is 0 Å². The van der Waals surface area contributed by atoms with E-state index in [1.807, 2.05) is 0 Å². The van der Waals surface area contributed by atoms with Crippen LogP contribution in [0.25, 0.3) is 0 Å². The van der Waals surface area contributed by atoms with Crippen molar-refractivity contribution in [3.63, 3.8) is 0 Å². The van der Waals surface area contributed by atoms with Crippen molar-refractivity contribution in [2.24, 2.45) is 5.92 Å². The minimum absolute atomic E-state index is 0.230. The fourth-order valence-electron chi connectivity index (χ4n) is 2.51. The van der Waals surface area contributed by atoms with Crippen molar-refractivity contribution >= 4 is 11.7 Å². The van der Waals surface area contributed by atoms with Gasteiger partial charge in [-0.15, -0.1) is 0 Å². The summed E-state index contributed by atoms with van der Waals surface area (Å²) in [5, 5.41) is 21.4. The Bertz CT molecular complexity index is 464. The first-order valence-corrected chi connectivity index (χ1v) is 6.51. The molecule has 1 aliphatic carbocycles. The molecule has 0 bridgehead atoms. The van der Waals surface area contributed by atoms with Gasteiger partial charge in [0, 0.05) is 12.2 Å². The monoisotopic (exact) mass is 267 g/mol. The molecule has 1 fully saturated rings. The van der Waals surface area contributed by atoms with Crippen LogP contribution in [-0.4, -0.2) is 28.8 Å². The maximum absolute atomic E-state index is 13.5. The Labute approximate surface area is 111 Å². The Kier molecular flexibility index (Phi) is 4.37. The molecule has 1 aromatic carbocycles. The van der Waals surface area contributed by atoms with E-state index in [9.17, 15) is 14.3 Å². The minimum Gasteiger partial charge on any atom is -0.478 e. The number of carboxylic acids is 1. The molecule has 2 rings (SSSR count). The van der Waals surface area contributed by atoms with E-state index in [0.717, 1.165) is 25.7 Å². The second-order valence-electron chi connectivity index (χ2n) is 5.07. The van der Waals surface area contributed by atoms with E-state index in [4.69, 9.17) is 5.11 Å². The molecule has 104 valence electrons. The van der Waals surface area contributed by atoms with E-state index in [1.165, 1.54) is 12.1 Å². The predicted octanol–water partition coefficient (Wildman–Crippen LogP) is 2.49. The van der Waals surface area contributed by atoms with Gasteiger partial charge in [0.15, 0.2) is 0 Å². The number of rotatable bonds is 4. The van der Waals surface area contributed by atoms with Gasteiger partial charge in [-0.2, -0.15) is 0 Å². The molecule has 0 radical (unpaired) electrons. The number of hydrogen-bond donors (Lipinski definition) is 3. The molecule has 1 saturated carbocycles. The lowest BCUT2D eigenvalue weighted by atomic mass is 9.87. The van der Waals surface area contributed by atoms with Crippen molar-refractivity contribution in [3.05, 3.63) is 29.6 Å². The van der Waals surface area contributed by atoms with E-state index in [0.29, 0.717) is 18.2 Å². The normalized spacial score (nSPS) is 23.1. The Balaban J connectivity index is 1.92. The van der Waals surface area contributed by atoms with Gasteiger partial charge in [-0.1, -0.05) is 6.42 Å². The van der Waals surface area contributed by atoms with Gasteiger partial charge in [0.1, 0.15) is 5.82 Å². The van der Waals surface area contributed by atoms with Crippen LogP contribution in [0.5, 0.6) is 0 Å². The maximum Gasteiger partial charge on any atom is 0.338 e. The zero-order valence-corrected chi connectivity index (χ0v) is 10.6. The summed E-state index contributed by atoms with van der Waals surface area (Å²) < 4.78 is 13.5. The van der Waals surface area contributed by atoms with Gasteiger partial charge in [-0.25, -0.2) is 9.18 Å². The summed E-state index contributed by atoms with van der Waals surface area (Å²) in [6.45, 7) is 0.670. The van der Waals surface area contributed by atoms with Gasteiger partial charge in [0.25, 0.3) is 0 Å². The average molecular weight is 267 g/mol. The summed E-state index contributed by atoms with van der Waals surface area (Å²) in [6, 6.07) is 4.02. The SMILES string of the molecule is O=C(O)c1ccc(NCC2CCCC(O)C2)cc1F. The fourth-order valence-corrected chi connectivity index (χ4v) is 2.51. The Morgan fingerprint density at radius 2 is 2.21 bits per heavy atom. The molecule has 2 unspecified atom stereocenters. The first-order chi connectivity index (χ1) is 9.06. The van der Waals surface area contributed by atoms with Gasteiger partial charge >= 0.3 is 5.97 Å². The van der Waals surface area contributed by atoms with Crippen molar-refractivity contribution in [2.45, 2.75) is 31.8 Å². The molecule has 4 nitrogen and oxygen atoms in total. The summed E-state index contributed by atoms with van der Waals surface area (Å²) >= 11 is 0. The molecule has 2 atom stereocenters. The first-order valence-electron chi connectivity index (χ1n) is 6.51. The van der Waals surface area contributed by atoms with Crippen LogP contribution in [-0.2, 0) is 0 Å². The number of nitrogens with one attached hydrogen (secondary N) is 1. The van der Waals surface area contributed by atoms with Crippen molar-refractivity contribution in [2.75, 3.05) is 11.9 Å². The third-order valence-electron chi connectivity index (χ3n) is 3.55. The molecule has 0 saturated heterocycles. The molecule has 0 aliphatic heterocycles. The molecular weight excluding hydrogens is 249 g/mol. The topological polar surface area (TPSA) is 69.6 Å². The van der Waals surface area contributed by atoms with Crippen LogP contribution in [0.4, 0.5) is 10.1 Å². The number of aliphatic hydroxyl groups is 1. The minimum atomic E-state index is -1.26. The first kappa shape index (κ1) is 13.8. The second-order valence-corrected chi connectivity index (χ2v) is 5.07. The number of halogens is 1. The summed E-state index contributed by atoms with van der Waals surface area (Å²) in [5.74, 6) is -1.62. The fraction of sp³-hybridized carbons (Fsp3) is 0.500. The molecule has 1 aliphatic rings. The molecule has 5 heteroatoms. The van der Waals surface area contributed by atoms with Gasteiger partial charge in [-0.05, 0) is 43.4 Å². The number of carbonyl (C=O) groups is 1. The van der Waals surface area contributed by atoms with Gasteiger partial charge < -0.3 is 15.5 Å². The van der Waals surface area contributed by atoms with Crippen LogP contribution in [0.2, 0.25) is 0 Å². The van der Waals surface area contributed by atoms with Gasteiger partial charge in [0.05, 0.1) is 11.7 Å². The van der Waals surface area contributed by atoms with E-state index in [-0.39, 0.29) is 11.7 Å². The number of hydrogen-bond acceptors (Lipinski definition) is 3.